The third-order valence-electron chi connectivity index (χ3n) is 3.91. The first-order valence-corrected chi connectivity index (χ1v) is 8.00. The number of piperazine rings is 1. The Morgan fingerprint density at radius 1 is 1.18 bits per heavy atom. The minimum absolute atomic E-state index is 0.208. The SMILES string of the molecule is O=[N+]([O-])c1ccc(C[NH+]2CCN(c3ccc(F)cc3)CC2)s1. The number of hydrogen-bond donors (Lipinski definition) is 1. The molecule has 3 rings (SSSR count). The lowest BCUT2D eigenvalue weighted by molar-refractivity contribution is -0.914. The second-order valence-electron chi connectivity index (χ2n) is 5.39. The number of nitrogens with one attached hydrogen (secondary N) is 1. The van der Waals surface area contributed by atoms with E-state index in [0.29, 0.717) is 0 Å². The highest BCUT2D eigenvalue weighted by molar-refractivity contribution is 7.15. The van der Waals surface area contributed by atoms with E-state index < -0.39 is 0 Å². The number of nitrogens with zero attached hydrogens (tertiary/aromatic N) is 2. The molecule has 0 radical (unpaired) electrons. The van der Waals surface area contributed by atoms with Gasteiger partial charge in [0.05, 0.1) is 36.0 Å². The van der Waals surface area contributed by atoms with Crippen molar-refractivity contribution in [2.45, 2.75) is 6.54 Å². The summed E-state index contributed by atoms with van der Waals surface area (Å²) >= 11 is 1.26. The van der Waals surface area contributed by atoms with E-state index in [9.17, 15) is 14.5 Å². The van der Waals surface area contributed by atoms with Crippen LogP contribution in [-0.2, 0) is 6.54 Å². The normalized spacial score (nSPS) is 16.0. The topological polar surface area (TPSA) is 50.8 Å². The van der Waals surface area contributed by atoms with Crippen LogP contribution in [0.5, 0.6) is 0 Å². The molecule has 0 aliphatic carbocycles. The fraction of sp³-hybridized carbons (Fsp3) is 0.333. The van der Waals surface area contributed by atoms with Crippen molar-refractivity contribution in [2.24, 2.45) is 0 Å². The summed E-state index contributed by atoms with van der Waals surface area (Å²) < 4.78 is 12.9. The predicted octanol–water partition coefficient (Wildman–Crippen LogP) is 1.70. The molecule has 116 valence electrons. The zero-order valence-corrected chi connectivity index (χ0v) is 12.8. The summed E-state index contributed by atoms with van der Waals surface area (Å²) in [6, 6.07) is 10.0. The molecule has 2 heterocycles. The van der Waals surface area contributed by atoms with Crippen LogP contribution in [0.25, 0.3) is 0 Å². The summed E-state index contributed by atoms with van der Waals surface area (Å²) in [5.41, 5.74) is 1.05. The summed E-state index contributed by atoms with van der Waals surface area (Å²) in [6.45, 7) is 4.60. The van der Waals surface area contributed by atoms with Crippen molar-refractivity contribution in [3.8, 4) is 0 Å². The summed E-state index contributed by atoms with van der Waals surface area (Å²) in [5, 5.41) is 10.9. The number of thiophene rings is 1. The van der Waals surface area contributed by atoms with E-state index in [1.807, 2.05) is 18.2 Å². The minimum Gasteiger partial charge on any atom is -0.360 e. The maximum Gasteiger partial charge on any atom is 0.324 e. The molecular weight excluding hydrogens is 305 g/mol. The zero-order chi connectivity index (χ0) is 15.5. The molecule has 1 aliphatic heterocycles. The van der Waals surface area contributed by atoms with Crippen LogP contribution in [0, 0.1) is 15.9 Å². The van der Waals surface area contributed by atoms with Crippen LogP contribution in [0.4, 0.5) is 15.1 Å². The van der Waals surface area contributed by atoms with Crippen LogP contribution in [0.1, 0.15) is 4.88 Å². The van der Waals surface area contributed by atoms with Crippen LogP contribution in [0.3, 0.4) is 0 Å². The summed E-state index contributed by atoms with van der Waals surface area (Å²) in [6.07, 6.45) is 0. The van der Waals surface area contributed by atoms with Gasteiger partial charge in [-0.1, -0.05) is 11.3 Å². The molecule has 0 atom stereocenters. The van der Waals surface area contributed by atoms with Crippen LogP contribution < -0.4 is 9.80 Å². The van der Waals surface area contributed by atoms with Crippen LogP contribution in [0.15, 0.2) is 36.4 Å². The number of rotatable bonds is 4. The second-order valence-corrected chi connectivity index (χ2v) is 6.53. The number of quaternary nitrogens is 1. The van der Waals surface area contributed by atoms with Gasteiger partial charge in [0.25, 0.3) is 0 Å². The molecule has 0 saturated carbocycles. The molecule has 0 spiro atoms. The highest BCUT2D eigenvalue weighted by Crippen LogP contribution is 2.23. The summed E-state index contributed by atoms with van der Waals surface area (Å²) in [4.78, 5) is 15.1. The number of halogens is 1. The van der Waals surface area contributed by atoms with E-state index in [1.54, 1.807) is 6.07 Å². The maximum absolute atomic E-state index is 12.9. The quantitative estimate of drug-likeness (QED) is 0.688. The zero-order valence-electron chi connectivity index (χ0n) is 12.0. The lowest BCUT2D eigenvalue weighted by Gasteiger charge is -2.33. The Morgan fingerprint density at radius 3 is 2.45 bits per heavy atom. The van der Waals surface area contributed by atoms with Crippen molar-refractivity contribution in [3.63, 3.8) is 0 Å². The fourth-order valence-electron chi connectivity index (χ4n) is 2.72. The van der Waals surface area contributed by atoms with Gasteiger partial charge in [0, 0.05) is 11.8 Å². The van der Waals surface area contributed by atoms with Gasteiger partial charge in [0.2, 0.25) is 0 Å². The number of anilines is 1. The van der Waals surface area contributed by atoms with Crippen LogP contribution in [0.2, 0.25) is 0 Å². The van der Waals surface area contributed by atoms with Gasteiger partial charge in [-0.15, -0.1) is 0 Å². The lowest BCUT2D eigenvalue weighted by atomic mass is 10.2. The highest BCUT2D eigenvalue weighted by Gasteiger charge is 2.21. The molecule has 1 fully saturated rings. The Balaban J connectivity index is 1.55. The summed E-state index contributed by atoms with van der Waals surface area (Å²) in [5.74, 6) is -0.215. The Hall–Kier alpha value is -1.99. The molecule has 7 heteroatoms. The minimum atomic E-state index is -0.337. The van der Waals surface area contributed by atoms with E-state index in [-0.39, 0.29) is 15.7 Å². The Bertz CT molecular complexity index is 651. The monoisotopic (exact) mass is 322 g/mol. The predicted molar refractivity (Wildman–Crippen MR) is 84.0 cm³/mol. The summed E-state index contributed by atoms with van der Waals surface area (Å²) in [7, 11) is 0. The molecule has 0 unspecified atom stereocenters. The van der Waals surface area contributed by atoms with Gasteiger partial charge in [-0.05, 0) is 30.3 Å². The van der Waals surface area contributed by atoms with E-state index in [0.717, 1.165) is 43.3 Å². The molecule has 5 nitrogen and oxygen atoms in total. The average Bonchev–Trinajstić information content (AvgIpc) is 2.98. The van der Waals surface area contributed by atoms with Gasteiger partial charge in [0.15, 0.2) is 0 Å². The van der Waals surface area contributed by atoms with Crippen molar-refractivity contribution in [1.29, 1.82) is 0 Å². The Labute approximate surface area is 131 Å². The number of hydrogen-bond acceptors (Lipinski definition) is 4. The maximum atomic E-state index is 12.9. The molecule has 1 aromatic carbocycles. The third kappa shape index (κ3) is 3.42. The highest BCUT2D eigenvalue weighted by atomic mass is 32.1. The van der Waals surface area contributed by atoms with E-state index >= 15 is 0 Å². The largest absolute Gasteiger partial charge is 0.360 e. The van der Waals surface area contributed by atoms with E-state index in [2.05, 4.69) is 4.90 Å². The lowest BCUT2D eigenvalue weighted by Crippen LogP contribution is -3.13. The van der Waals surface area contributed by atoms with Gasteiger partial charge < -0.3 is 9.80 Å². The average molecular weight is 322 g/mol. The van der Waals surface area contributed by atoms with Crippen molar-refractivity contribution in [3.05, 3.63) is 57.2 Å². The molecule has 0 amide bonds. The van der Waals surface area contributed by atoms with Gasteiger partial charge >= 0.3 is 5.00 Å². The van der Waals surface area contributed by atoms with E-state index in [1.165, 1.54) is 28.4 Å². The van der Waals surface area contributed by atoms with E-state index in [4.69, 9.17) is 0 Å². The molecule has 2 aromatic rings. The van der Waals surface area contributed by atoms with Gasteiger partial charge in [-0.3, -0.25) is 10.1 Å². The smallest absolute Gasteiger partial charge is 0.324 e. The first kappa shape index (κ1) is 14.9. The Morgan fingerprint density at radius 2 is 1.86 bits per heavy atom. The molecule has 1 N–H and O–H groups in total. The molecular formula is C15H17FN3O2S+. The number of benzene rings is 1. The molecule has 0 bridgehead atoms. The Kier molecular flexibility index (Phi) is 4.35. The van der Waals surface area contributed by atoms with Crippen molar-refractivity contribution >= 4 is 22.0 Å². The van der Waals surface area contributed by atoms with Gasteiger partial charge in [-0.25, -0.2) is 4.39 Å². The third-order valence-corrected chi connectivity index (χ3v) is 4.95. The van der Waals surface area contributed by atoms with Gasteiger partial charge in [-0.2, -0.15) is 0 Å². The standard InChI is InChI=1S/C15H16FN3O2S/c16-12-1-3-13(4-2-12)18-9-7-17(8-10-18)11-14-5-6-15(22-14)19(20)21/h1-6H,7-11H2/p+1. The van der Waals surface area contributed by atoms with Crippen molar-refractivity contribution < 1.29 is 14.2 Å². The van der Waals surface area contributed by atoms with Crippen molar-refractivity contribution in [2.75, 3.05) is 31.1 Å². The molecule has 22 heavy (non-hydrogen) atoms. The molecule has 1 aromatic heterocycles. The van der Waals surface area contributed by atoms with Crippen LogP contribution in [-0.4, -0.2) is 31.1 Å². The molecule has 1 aliphatic rings. The number of nitro groups is 1. The molecule has 1 saturated heterocycles. The fourth-order valence-corrected chi connectivity index (χ4v) is 3.61. The van der Waals surface area contributed by atoms with Crippen molar-refractivity contribution in [1.82, 2.24) is 0 Å². The first-order chi connectivity index (χ1) is 10.6. The first-order valence-electron chi connectivity index (χ1n) is 7.19. The second kappa shape index (κ2) is 6.41. The van der Waals surface area contributed by atoms with Crippen LogP contribution >= 0.6 is 11.3 Å². The van der Waals surface area contributed by atoms with Gasteiger partial charge in [0.1, 0.15) is 12.4 Å².